The molecule has 3 fully saturated rings. The summed E-state index contributed by atoms with van der Waals surface area (Å²) in [5, 5.41) is 4.05. The lowest BCUT2D eigenvalue weighted by molar-refractivity contribution is -0.0911. The Kier molecular flexibility index (Phi) is 11.3. The molecule has 3 unspecified atom stereocenters. The van der Waals surface area contributed by atoms with Gasteiger partial charge >= 0.3 is 6.09 Å². The smallest absolute Gasteiger partial charge is 0.412 e. The minimum atomic E-state index is -4.04. The zero-order valence-electron chi connectivity index (χ0n) is 33.1. The van der Waals surface area contributed by atoms with Gasteiger partial charge in [0.2, 0.25) is 22.6 Å². The summed E-state index contributed by atoms with van der Waals surface area (Å²) in [6, 6.07) is 18.7. The molecule has 4 aliphatic rings. The fourth-order valence-electron chi connectivity index (χ4n) is 7.88. The maximum Gasteiger partial charge on any atom is 0.412 e. The lowest BCUT2D eigenvalue weighted by Gasteiger charge is -2.34. The van der Waals surface area contributed by atoms with E-state index in [2.05, 4.69) is 10.1 Å². The summed E-state index contributed by atoms with van der Waals surface area (Å²) in [6.07, 6.45) is -1.13. The molecule has 0 bridgehead atoms. The highest BCUT2D eigenvalue weighted by Crippen LogP contribution is 2.40. The summed E-state index contributed by atoms with van der Waals surface area (Å²) in [4.78, 5) is 20.4. The van der Waals surface area contributed by atoms with Crippen LogP contribution in [-0.4, -0.2) is 104 Å². The van der Waals surface area contributed by atoms with E-state index in [0.29, 0.717) is 42.0 Å². The number of carbonyl (C=O) groups is 1. The van der Waals surface area contributed by atoms with Gasteiger partial charge in [-0.2, -0.15) is 9.29 Å². The van der Waals surface area contributed by atoms with Crippen molar-refractivity contribution in [2.45, 2.75) is 82.3 Å². The SMILES string of the molecule is COc1ccc(-c2nc(COc3ccc(CC4C(CN(CC(C)C)S(=O)(=O)c5ccc6c(c5)OCO6)OC(C)(C)N4C(=O)OC4CO[C@@H]5OCC[C@H]45)cc3)no2)cc1. The average Bonchev–Trinajstić information content (AvgIpc) is 4.05. The predicted molar refractivity (Wildman–Crippen MR) is 206 cm³/mol. The number of sulfonamides is 1. The van der Waals surface area contributed by atoms with E-state index < -0.39 is 46.4 Å². The van der Waals surface area contributed by atoms with E-state index in [1.807, 2.05) is 62.4 Å². The van der Waals surface area contributed by atoms with E-state index in [1.165, 1.54) is 16.4 Å². The van der Waals surface area contributed by atoms with E-state index in [1.54, 1.807) is 31.9 Å². The number of hydrogen-bond acceptors (Lipinski definition) is 14. The highest BCUT2D eigenvalue weighted by molar-refractivity contribution is 7.89. The van der Waals surface area contributed by atoms with Crippen molar-refractivity contribution in [1.29, 1.82) is 0 Å². The molecule has 310 valence electrons. The minimum absolute atomic E-state index is 0.0179. The van der Waals surface area contributed by atoms with Gasteiger partial charge in [-0.25, -0.2) is 13.2 Å². The third kappa shape index (κ3) is 8.31. The Morgan fingerprint density at radius 1 is 1.00 bits per heavy atom. The van der Waals surface area contributed by atoms with Crippen molar-refractivity contribution in [3.05, 3.63) is 78.1 Å². The number of amides is 1. The van der Waals surface area contributed by atoms with Crippen molar-refractivity contribution in [3.8, 4) is 34.5 Å². The molecule has 0 radical (unpaired) electrons. The number of nitrogens with zero attached hydrogens (tertiary/aromatic N) is 4. The van der Waals surface area contributed by atoms with Crippen LogP contribution >= 0.6 is 0 Å². The van der Waals surface area contributed by atoms with Gasteiger partial charge in [0, 0.05) is 24.7 Å². The molecule has 58 heavy (non-hydrogen) atoms. The Labute approximate surface area is 337 Å². The van der Waals surface area contributed by atoms with E-state index in [-0.39, 0.29) is 49.8 Å². The summed E-state index contributed by atoms with van der Waals surface area (Å²) >= 11 is 0. The summed E-state index contributed by atoms with van der Waals surface area (Å²) in [5.41, 5.74) is 0.470. The van der Waals surface area contributed by atoms with Gasteiger partial charge in [0.25, 0.3) is 5.89 Å². The normalized spacial score (nSPS) is 23.4. The third-order valence-corrected chi connectivity index (χ3v) is 12.5. The topological polar surface area (TPSA) is 170 Å². The van der Waals surface area contributed by atoms with Crippen LogP contribution in [0, 0.1) is 11.8 Å². The standard InChI is InChI=1S/C41H48N4O12S/c1-25(2)20-44(58(47,48)30-14-15-33-34(19-30)54-24-53-33)21-35-32(45(41(3,4)56-35)40(46)55-36-22-52-39-31(36)16-17-50-39)18-26-6-10-29(11-7-26)51-23-37-42-38(57-43-37)27-8-12-28(49-5)13-9-27/h6-15,19,25,31-32,35-36,39H,16-18,20-24H2,1-5H3/t31-,32?,35?,36?,39+/m1/s1. The second-order valence-electron chi connectivity index (χ2n) is 15.6. The van der Waals surface area contributed by atoms with Crippen molar-refractivity contribution in [1.82, 2.24) is 19.3 Å². The number of hydrogen-bond donors (Lipinski definition) is 0. The van der Waals surface area contributed by atoms with Crippen LogP contribution in [0.3, 0.4) is 0 Å². The number of benzene rings is 3. The molecule has 0 aliphatic carbocycles. The van der Waals surface area contributed by atoms with Crippen LogP contribution in [0.2, 0.25) is 0 Å². The second-order valence-corrected chi connectivity index (χ2v) is 17.5. The predicted octanol–water partition coefficient (Wildman–Crippen LogP) is 5.65. The number of carbonyl (C=O) groups excluding carboxylic acids is 1. The fourth-order valence-corrected chi connectivity index (χ4v) is 9.51. The Morgan fingerprint density at radius 3 is 2.52 bits per heavy atom. The van der Waals surface area contributed by atoms with Gasteiger partial charge in [0.1, 0.15) is 23.3 Å². The number of fused-ring (bicyclic) bond motifs is 2. The van der Waals surface area contributed by atoms with Crippen molar-refractivity contribution < 1.29 is 55.6 Å². The van der Waals surface area contributed by atoms with Crippen LogP contribution in [0.25, 0.3) is 11.5 Å². The first-order chi connectivity index (χ1) is 27.9. The molecule has 4 aromatic rings. The number of rotatable bonds is 14. The van der Waals surface area contributed by atoms with Gasteiger partial charge in [-0.1, -0.05) is 31.1 Å². The molecule has 5 atom stereocenters. The zero-order valence-corrected chi connectivity index (χ0v) is 33.9. The molecule has 1 aromatic heterocycles. The average molecular weight is 821 g/mol. The van der Waals surface area contributed by atoms with E-state index in [0.717, 1.165) is 23.3 Å². The van der Waals surface area contributed by atoms with Crippen molar-refractivity contribution in [2.75, 3.05) is 40.2 Å². The largest absolute Gasteiger partial charge is 0.497 e. The van der Waals surface area contributed by atoms with Crippen molar-refractivity contribution in [2.24, 2.45) is 11.8 Å². The van der Waals surface area contributed by atoms with Crippen LogP contribution in [0.5, 0.6) is 23.0 Å². The lowest BCUT2D eigenvalue weighted by atomic mass is 9.99. The molecule has 17 heteroatoms. The molecule has 1 amide bonds. The zero-order chi connectivity index (χ0) is 40.6. The molecule has 3 aromatic carbocycles. The number of methoxy groups -OCH3 is 1. The molecule has 0 spiro atoms. The molecule has 8 rings (SSSR count). The Morgan fingerprint density at radius 2 is 1.76 bits per heavy atom. The summed E-state index contributed by atoms with van der Waals surface area (Å²) in [6.45, 7) is 8.54. The highest BCUT2D eigenvalue weighted by atomic mass is 32.2. The van der Waals surface area contributed by atoms with Crippen LogP contribution in [0.15, 0.2) is 76.1 Å². The van der Waals surface area contributed by atoms with Gasteiger partial charge in [-0.05, 0) is 86.7 Å². The number of ether oxygens (including phenoxy) is 8. The number of aromatic nitrogens is 2. The summed E-state index contributed by atoms with van der Waals surface area (Å²) in [5.74, 6) is 2.80. The first-order valence-corrected chi connectivity index (χ1v) is 20.8. The van der Waals surface area contributed by atoms with E-state index >= 15 is 0 Å². The summed E-state index contributed by atoms with van der Waals surface area (Å²) < 4.78 is 81.9. The van der Waals surface area contributed by atoms with Gasteiger partial charge in [0.05, 0.1) is 43.3 Å². The molecule has 0 saturated carbocycles. The van der Waals surface area contributed by atoms with Crippen molar-refractivity contribution >= 4 is 16.1 Å². The van der Waals surface area contributed by atoms with Gasteiger partial charge in [-0.15, -0.1) is 0 Å². The Bertz CT molecular complexity index is 2180. The maximum absolute atomic E-state index is 14.3. The quantitative estimate of drug-likeness (QED) is 0.153. The van der Waals surface area contributed by atoms with Crippen LogP contribution in [0.4, 0.5) is 4.79 Å². The van der Waals surface area contributed by atoms with Crippen molar-refractivity contribution in [3.63, 3.8) is 0 Å². The molecular formula is C41H48N4O12S. The summed E-state index contributed by atoms with van der Waals surface area (Å²) in [7, 11) is -2.44. The van der Waals surface area contributed by atoms with Gasteiger partial charge < -0.3 is 42.4 Å². The van der Waals surface area contributed by atoms with Crippen LogP contribution < -0.4 is 18.9 Å². The van der Waals surface area contributed by atoms with Crippen LogP contribution in [0.1, 0.15) is 45.5 Å². The second kappa shape index (κ2) is 16.4. The van der Waals surface area contributed by atoms with E-state index in [4.69, 9.17) is 42.4 Å². The fraction of sp³-hybridized carbons (Fsp3) is 0.488. The van der Waals surface area contributed by atoms with Crippen LogP contribution in [-0.2, 0) is 42.0 Å². The monoisotopic (exact) mass is 820 g/mol. The molecule has 5 heterocycles. The van der Waals surface area contributed by atoms with E-state index in [9.17, 15) is 13.2 Å². The maximum atomic E-state index is 14.3. The Balaban J connectivity index is 1.02. The molecule has 3 saturated heterocycles. The third-order valence-electron chi connectivity index (χ3n) is 10.7. The molecular weight excluding hydrogens is 773 g/mol. The molecule has 0 N–H and O–H groups in total. The highest BCUT2D eigenvalue weighted by Gasteiger charge is 2.53. The molecule has 4 aliphatic heterocycles. The Hall–Kier alpha value is -4.94. The first kappa shape index (κ1) is 39.9. The lowest BCUT2D eigenvalue weighted by Crippen LogP contribution is -2.51. The first-order valence-electron chi connectivity index (χ1n) is 19.4. The van der Waals surface area contributed by atoms with Gasteiger partial charge in [-0.3, -0.25) is 4.90 Å². The minimum Gasteiger partial charge on any atom is -0.497 e. The molecule has 16 nitrogen and oxygen atoms in total. The van der Waals surface area contributed by atoms with Gasteiger partial charge in [0.15, 0.2) is 24.4 Å².